The molecule has 2 aromatic carbocycles. The zero-order valence-electron chi connectivity index (χ0n) is 25.5. The van der Waals surface area contributed by atoms with E-state index in [2.05, 4.69) is 0 Å². The summed E-state index contributed by atoms with van der Waals surface area (Å²) in [5, 5.41) is 0. The lowest BCUT2D eigenvalue weighted by atomic mass is 10.1. The number of carbonyl (C=O) groups is 4. The lowest BCUT2D eigenvalue weighted by molar-refractivity contribution is -0.140. The summed E-state index contributed by atoms with van der Waals surface area (Å²) in [5.74, 6) is -1.13. The molecule has 47 heavy (non-hydrogen) atoms. The van der Waals surface area contributed by atoms with Crippen LogP contribution in [-0.4, -0.2) is 95.6 Å². The maximum atomic E-state index is 14.1. The predicted octanol–water partition coefficient (Wildman–Crippen LogP) is 5.28. The first-order chi connectivity index (χ1) is 22.0. The molecular weight excluding hydrogens is 650 g/mol. The molecule has 15 heteroatoms. The molecule has 2 fully saturated rings. The van der Waals surface area contributed by atoms with Gasteiger partial charge >= 0.3 is 12.4 Å². The molecule has 0 spiro atoms. The van der Waals surface area contributed by atoms with Crippen LogP contribution in [0.25, 0.3) is 12.2 Å². The molecule has 2 aliphatic rings. The van der Waals surface area contributed by atoms with E-state index in [1.807, 2.05) is 0 Å². The minimum Gasteiger partial charge on any atom is -0.339 e. The molecule has 8 nitrogen and oxygen atoms in total. The number of carbonyl (C=O) groups excluding carboxylic acids is 4. The van der Waals surface area contributed by atoms with Gasteiger partial charge in [-0.05, 0) is 47.5 Å². The van der Waals surface area contributed by atoms with E-state index in [1.165, 1.54) is 47.9 Å². The molecular formula is C32H32F6N4O4S. The summed E-state index contributed by atoms with van der Waals surface area (Å²) in [4.78, 5) is 53.3. The highest BCUT2D eigenvalue weighted by atomic mass is 32.2. The van der Waals surface area contributed by atoms with E-state index in [-0.39, 0.29) is 49.1 Å². The Bertz CT molecular complexity index is 1460. The summed E-state index contributed by atoms with van der Waals surface area (Å²) in [5.41, 5.74) is -2.28. The molecule has 0 unspecified atom stereocenters. The summed E-state index contributed by atoms with van der Waals surface area (Å²) < 4.78 is 84.5. The highest BCUT2D eigenvalue weighted by Gasteiger charge is 2.37. The van der Waals surface area contributed by atoms with Crippen molar-refractivity contribution in [3.63, 3.8) is 0 Å². The van der Waals surface area contributed by atoms with Crippen LogP contribution in [0.5, 0.6) is 0 Å². The van der Waals surface area contributed by atoms with Crippen molar-refractivity contribution in [2.24, 2.45) is 0 Å². The Morgan fingerprint density at radius 2 is 0.894 bits per heavy atom. The maximum Gasteiger partial charge on any atom is 0.417 e. The Labute approximate surface area is 271 Å². The van der Waals surface area contributed by atoms with E-state index in [0.717, 1.165) is 36.4 Å². The van der Waals surface area contributed by atoms with Gasteiger partial charge in [-0.25, -0.2) is 0 Å². The van der Waals surface area contributed by atoms with Crippen LogP contribution in [0.15, 0.2) is 58.3 Å². The Morgan fingerprint density at radius 1 is 0.574 bits per heavy atom. The average Bonchev–Trinajstić information content (AvgIpc) is 3.02. The van der Waals surface area contributed by atoms with Crippen molar-refractivity contribution in [1.82, 2.24) is 19.6 Å². The van der Waals surface area contributed by atoms with Gasteiger partial charge in [0.25, 0.3) is 0 Å². The standard InChI is InChI=1S/C32H32F6N4O4S/c1-21(43)39-11-15-41(16-12-39)29(45)9-5-23-3-7-27(25(19-23)31(33,34)35)47-28-8-4-24(20-26(28)32(36,37)38)6-10-30(46)42-17-13-40(14-18-42)22(2)44/h3-10,19-20H,11-18H2,1-2H3/b9-5-,10-6-. The van der Waals surface area contributed by atoms with Gasteiger partial charge in [-0.3, -0.25) is 19.2 Å². The number of rotatable bonds is 6. The fourth-order valence-electron chi connectivity index (χ4n) is 5.07. The normalized spacial score (nSPS) is 16.3. The summed E-state index contributed by atoms with van der Waals surface area (Å²) >= 11 is 0.308. The van der Waals surface area contributed by atoms with Gasteiger partial charge in [0.05, 0.1) is 11.1 Å². The molecule has 0 N–H and O–H groups in total. The van der Waals surface area contributed by atoms with Crippen molar-refractivity contribution < 1.29 is 45.5 Å². The molecule has 2 aromatic rings. The zero-order valence-corrected chi connectivity index (χ0v) is 26.3. The zero-order chi connectivity index (χ0) is 34.5. The first kappa shape index (κ1) is 35.6. The molecule has 0 bridgehead atoms. The monoisotopic (exact) mass is 682 g/mol. The van der Waals surface area contributed by atoms with E-state index in [4.69, 9.17) is 0 Å². The lowest BCUT2D eigenvalue weighted by Crippen LogP contribution is -2.49. The van der Waals surface area contributed by atoms with Crippen molar-refractivity contribution in [3.05, 3.63) is 70.8 Å². The third-order valence-electron chi connectivity index (χ3n) is 7.75. The number of piperazine rings is 2. The molecule has 2 saturated heterocycles. The number of halogens is 6. The SMILES string of the molecule is CC(=O)N1CCN(C(=O)/C=C\c2ccc(Sc3ccc(/C=C\C(=O)N4CCN(C(C)=O)CC4)cc3C(F)(F)F)c(C(F)(F)F)c2)CC1. The third kappa shape index (κ3) is 9.40. The van der Waals surface area contributed by atoms with Gasteiger partial charge in [0.1, 0.15) is 0 Å². The lowest BCUT2D eigenvalue weighted by Gasteiger charge is -2.33. The van der Waals surface area contributed by atoms with E-state index < -0.39 is 45.1 Å². The number of alkyl halides is 6. The molecule has 0 saturated carbocycles. The van der Waals surface area contributed by atoms with E-state index in [9.17, 15) is 45.5 Å². The number of nitrogens with zero attached hydrogens (tertiary/aromatic N) is 4. The van der Waals surface area contributed by atoms with Crippen molar-refractivity contribution in [2.75, 3.05) is 52.4 Å². The average molecular weight is 683 g/mol. The Hall–Kier alpha value is -4.27. The van der Waals surface area contributed by atoms with E-state index in [1.54, 1.807) is 9.80 Å². The highest BCUT2D eigenvalue weighted by Crippen LogP contribution is 2.44. The van der Waals surface area contributed by atoms with Crippen LogP contribution >= 0.6 is 11.8 Å². The number of benzene rings is 2. The van der Waals surface area contributed by atoms with E-state index in [0.29, 0.717) is 37.9 Å². The quantitative estimate of drug-likeness (QED) is 0.306. The van der Waals surface area contributed by atoms with Crippen molar-refractivity contribution in [2.45, 2.75) is 36.0 Å². The minimum atomic E-state index is -4.91. The fraction of sp³-hybridized carbons (Fsp3) is 0.375. The van der Waals surface area contributed by atoms with Crippen LogP contribution < -0.4 is 0 Å². The second kappa shape index (κ2) is 14.7. The number of hydrogen-bond acceptors (Lipinski definition) is 5. The van der Waals surface area contributed by atoms with Crippen LogP contribution in [-0.2, 0) is 31.5 Å². The maximum absolute atomic E-state index is 14.1. The topological polar surface area (TPSA) is 81.2 Å². The molecule has 0 radical (unpaired) electrons. The third-order valence-corrected chi connectivity index (χ3v) is 8.90. The van der Waals surface area contributed by atoms with Crippen molar-refractivity contribution >= 4 is 47.5 Å². The largest absolute Gasteiger partial charge is 0.417 e. The van der Waals surface area contributed by atoms with Crippen LogP contribution in [0.3, 0.4) is 0 Å². The van der Waals surface area contributed by atoms with Gasteiger partial charge in [0, 0.05) is 88.1 Å². The van der Waals surface area contributed by atoms with Gasteiger partial charge in [-0.1, -0.05) is 23.9 Å². The molecule has 2 heterocycles. The van der Waals surface area contributed by atoms with Gasteiger partial charge in [0.15, 0.2) is 0 Å². The van der Waals surface area contributed by atoms with E-state index >= 15 is 0 Å². The first-order valence-corrected chi connectivity index (χ1v) is 15.4. The van der Waals surface area contributed by atoms with Gasteiger partial charge in [0.2, 0.25) is 23.6 Å². The Balaban J connectivity index is 1.50. The molecule has 4 amide bonds. The second-order valence-electron chi connectivity index (χ2n) is 10.9. The summed E-state index contributed by atoms with van der Waals surface area (Å²) in [7, 11) is 0. The smallest absolute Gasteiger partial charge is 0.339 e. The number of hydrogen-bond donors (Lipinski definition) is 0. The van der Waals surface area contributed by atoms with Crippen LogP contribution in [0.4, 0.5) is 26.3 Å². The number of amides is 4. The summed E-state index contributed by atoms with van der Waals surface area (Å²) in [6, 6.07) is 6.21. The van der Waals surface area contributed by atoms with Crippen molar-refractivity contribution in [3.8, 4) is 0 Å². The fourth-order valence-corrected chi connectivity index (χ4v) is 6.15. The van der Waals surface area contributed by atoms with Gasteiger partial charge < -0.3 is 19.6 Å². The minimum absolute atomic E-state index is 0.0290. The molecule has 0 atom stereocenters. The predicted molar refractivity (Wildman–Crippen MR) is 163 cm³/mol. The Morgan fingerprint density at radius 3 is 1.19 bits per heavy atom. The molecule has 4 rings (SSSR count). The van der Waals surface area contributed by atoms with Crippen molar-refractivity contribution in [1.29, 1.82) is 0 Å². The van der Waals surface area contributed by atoms with Crippen LogP contribution in [0.1, 0.15) is 36.1 Å². The van der Waals surface area contributed by atoms with Gasteiger partial charge in [-0.15, -0.1) is 0 Å². The molecule has 0 aromatic heterocycles. The second-order valence-corrected chi connectivity index (χ2v) is 12.0. The molecule has 0 aliphatic carbocycles. The molecule has 2 aliphatic heterocycles. The molecule has 252 valence electrons. The highest BCUT2D eigenvalue weighted by molar-refractivity contribution is 7.99. The summed E-state index contributed by atoms with van der Waals surface area (Å²) in [6.07, 6.45) is -5.16. The van der Waals surface area contributed by atoms with Crippen LogP contribution in [0.2, 0.25) is 0 Å². The summed E-state index contributed by atoms with van der Waals surface area (Å²) in [6.45, 7) is 5.31. The first-order valence-electron chi connectivity index (χ1n) is 14.6. The Kier molecular flexibility index (Phi) is 11.1. The van der Waals surface area contributed by atoms with Gasteiger partial charge in [-0.2, -0.15) is 26.3 Å². The van der Waals surface area contributed by atoms with Crippen LogP contribution in [0, 0.1) is 0 Å².